The second kappa shape index (κ2) is 2.48. The Hall–Kier alpha value is -1.57. The summed E-state index contributed by atoms with van der Waals surface area (Å²) in [6, 6.07) is 5.91. The molecule has 1 aromatic carbocycles. The molecule has 2 nitrogen and oxygen atoms in total. The molecule has 2 rings (SSSR count). The van der Waals surface area contributed by atoms with Crippen molar-refractivity contribution in [1.82, 2.24) is 4.98 Å². The van der Waals surface area contributed by atoms with E-state index in [1.165, 1.54) is 10.9 Å². The first-order valence-corrected chi connectivity index (χ1v) is 3.88. The maximum absolute atomic E-state index is 5.79. The van der Waals surface area contributed by atoms with Gasteiger partial charge >= 0.3 is 0 Å². The summed E-state index contributed by atoms with van der Waals surface area (Å²) in [5, 5.41) is 2.22. The molecule has 0 saturated carbocycles. The standard InChI is InChI=1S/C10H10N2/c1-7-5-12-6-9-8(7)3-2-4-10(9)11/h2-6H,11H2,1H3. The molecular weight excluding hydrogens is 148 g/mol. The lowest BCUT2D eigenvalue weighted by atomic mass is 10.1. The molecule has 1 aromatic heterocycles. The second-order valence-corrected chi connectivity index (χ2v) is 2.90. The third-order valence-electron chi connectivity index (χ3n) is 2.04. The van der Waals surface area contributed by atoms with Crippen LogP contribution in [0.3, 0.4) is 0 Å². The van der Waals surface area contributed by atoms with Crippen LogP contribution in [0.1, 0.15) is 5.56 Å². The molecule has 0 spiro atoms. The SMILES string of the molecule is Cc1cncc2c(N)cccc12. The highest BCUT2D eigenvalue weighted by atomic mass is 14.6. The average molecular weight is 158 g/mol. The number of nitrogens with zero attached hydrogens (tertiary/aromatic N) is 1. The number of aryl methyl sites for hydroxylation is 1. The van der Waals surface area contributed by atoms with Crippen molar-refractivity contribution in [3.05, 3.63) is 36.2 Å². The van der Waals surface area contributed by atoms with Gasteiger partial charge in [-0.1, -0.05) is 12.1 Å². The predicted molar refractivity (Wildman–Crippen MR) is 50.9 cm³/mol. The maximum atomic E-state index is 5.79. The number of hydrogen-bond donors (Lipinski definition) is 1. The Balaban J connectivity index is 2.94. The van der Waals surface area contributed by atoms with Crippen molar-refractivity contribution in [2.45, 2.75) is 6.92 Å². The summed E-state index contributed by atoms with van der Waals surface area (Å²) in [5.41, 5.74) is 7.75. The van der Waals surface area contributed by atoms with Crippen LogP contribution in [0.25, 0.3) is 10.8 Å². The predicted octanol–water partition coefficient (Wildman–Crippen LogP) is 2.13. The van der Waals surface area contributed by atoms with Crippen molar-refractivity contribution in [2.24, 2.45) is 0 Å². The van der Waals surface area contributed by atoms with E-state index >= 15 is 0 Å². The summed E-state index contributed by atoms with van der Waals surface area (Å²) in [6.07, 6.45) is 3.65. The van der Waals surface area contributed by atoms with E-state index in [1.54, 1.807) is 6.20 Å². The number of rotatable bonds is 0. The van der Waals surface area contributed by atoms with Gasteiger partial charge in [0.25, 0.3) is 0 Å². The van der Waals surface area contributed by atoms with Crippen molar-refractivity contribution < 1.29 is 0 Å². The molecule has 0 amide bonds. The second-order valence-electron chi connectivity index (χ2n) is 2.90. The summed E-state index contributed by atoms with van der Waals surface area (Å²) in [5.74, 6) is 0. The molecule has 2 N–H and O–H groups in total. The van der Waals surface area contributed by atoms with E-state index in [4.69, 9.17) is 5.73 Å². The molecule has 0 aliphatic heterocycles. The van der Waals surface area contributed by atoms with E-state index in [1.807, 2.05) is 25.3 Å². The third-order valence-corrected chi connectivity index (χ3v) is 2.04. The molecule has 0 aliphatic rings. The zero-order valence-electron chi connectivity index (χ0n) is 6.91. The number of fused-ring (bicyclic) bond motifs is 1. The lowest BCUT2D eigenvalue weighted by Gasteiger charge is -2.02. The molecule has 0 unspecified atom stereocenters. The average Bonchev–Trinajstić information content (AvgIpc) is 2.07. The van der Waals surface area contributed by atoms with Crippen LogP contribution < -0.4 is 5.73 Å². The fourth-order valence-corrected chi connectivity index (χ4v) is 1.36. The van der Waals surface area contributed by atoms with Gasteiger partial charge in [0.15, 0.2) is 0 Å². The van der Waals surface area contributed by atoms with Gasteiger partial charge in [-0.3, -0.25) is 4.98 Å². The molecular formula is C10H10N2. The molecule has 2 heteroatoms. The lowest BCUT2D eigenvalue weighted by Crippen LogP contribution is -1.88. The molecule has 0 saturated heterocycles. The number of nitrogen functional groups attached to an aromatic ring is 1. The van der Waals surface area contributed by atoms with Crippen LogP contribution in [0.2, 0.25) is 0 Å². The maximum Gasteiger partial charge on any atom is 0.0409 e. The van der Waals surface area contributed by atoms with E-state index in [9.17, 15) is 0 Å². The van der Waals surface area contributed by atoms with E-state index in [2.05, 4.69) is 11.1 Å². The van der Waals surface area contributed by atoms with Crippen molar-refractivity contribution in [3.8, 4) is 0 Å². The fourth-order valence-electron chi connectivity index (χ4n) is 1.36. The van der Waals surface area contributed by atoms with Crippen LogP contribution in [0.5, 0.6) is 0 Å². The monoisotopic (exact) mass is 158 g/mol. The Labute approximate surface area is 71.0 Å². The smallest absolute Gasteiger partial charge is 0.0409 e. The zero-order valence-corrected chi connectivity index (χ0v) is 6.91. The van der Waals surface area contributed by atoms with Gasteiger partial charge in [0.1, 0.15) is 0 Å². The molecule has 60 valence electrons. The van der Waals surface area contributed by atoms with E-state index < -0.39 is 0 Å². The first-order valence-electron chi connectivity index (χ1n) is 3.88. The quantitative estimate of drug-likeness (QED) is 0.596. The van der Waals surface area contributed by atoms with E-state index in [-0.39, 0.29) is 0 Å². The minimum Gasteiger partial charge on any atom is -0.398 e. The summed E-state index contributed by atoms with van der Waals surface area (Å²) in [6.45, 7) is 2.04. The highest BCUT2D eigenvalue weighted by Crippen LogP contribution is 2.21. The fraction of sp³-hybridized carbons (Fsp3) is 0.100. The molecule has 12 heavy (non-hydrogen) atoms. The summed E-state index contributed by atoms with van der Waals surface area (Å²) in [7, 11) is 0. The Morgan fingerprint density at radius 2 is 2.00 bits per heavy atom. The number of aromatic nitrogens is 1. The van der Waals surface area contributed by atoms with Crippen molar-refractivity contribution >= 4 is 16.5 Å². The highest BCUT2D eigenvalue weighted by Gasteiger charge is 1.98. The number of anilines is 1. The number of nitrogens with two attached hydrogens (primary N) is 1. The van der Waals surface area contributed by atoms with Gasteiger partial charge in [-0.15, -0.1) is 0 Å². The topological polar surface area (TPSA) is 38.9 Å². The van der Waals surface area contributed by atoms with E-state index in [0.717, 1.165) is 11.1 Å². The molecule has 2 aromatic rings. The van der Waals surface area contributed by atoms with Gasteiger partial charge in [-0.25, -0.2) is 0 Å². The van der Waals surface area contributed by atoms with Gasteiger partial charge in [-0.2, -0.15) is 0 Å². The number of hydrogen-bond acceptors (Lipinski definition) is 2. The first kappa shape index (κ1) is 7.10. The molecule has 0 atom stereocenters. The van der Waals surface area contributed by atoms with Gasteiger partial charge in [-0.05, 0) is 23.9 Å². The summed E-state index contributed by atoms with van der Waals surface area (Å²) >= 11 is 0. The Kier molecular flexibility index (Phi) is 1.47. The lowest BCUT2D eigenvalue weighted by molar-refractivity contribution is 1.31. The van der Waals surface area contributed by atoms with Crippen molar-refractivity contribution in [3.63, 3.8) is 0 Å². The van der Waals surface area contributed by atoms with Gasteiger partial charge in [0.2, 0.25) is 0 Å². The van der Waals surface area contributed by atoms with Crippen LogP contribution in [0.15, 0.2) is 30.6 Å². The molecule has 0 bridgehead atoms. The van der Waals surface area contributed by atoms with Crippen LogP contribution >= 0.6 is 0 Å². The van der Waals surface area contributed by atoms with Gasteiger partial charge in [0, 0.05) is 23.5 Å². The Morgan fingerprint density at radius 1 is 1.17 bits per heavy atom. The van der Waals surface area contributed by atoms with Crippen LogP contribution in [-0.4, -0.2) is 4.98 Å². The molecule has 1 heterocycles. The molecule has 0 fully saturated rings. The first-order chi connectivity index (χ1) is 5.79. The van der Waals surface area contributed by atoms with Gasteiger partial charge in [0.05, 0.1) is 0 Å². The minimum atomic E-state index is 0.795. The molecule has 0 aliphatic carbocycles. The van der Waals surface area contributed by atoms with E-state index in [0.29, 0.717) is 0 Å². The summed E-state index contributed by atoms with van der Waals surface area (Å²) in [4.78, 5) is 4.09. The van der Waals surface area contributed by atoms with Crippen LogP contribution in [-0.2, 0) is 0 Å². The van der Waals surface area contributed by atoms with Gasteiger partial charge < -0.3 is 5.73 Å². The Bertz CT molecular complexity index is 380. The van der Waals surface area contributed by atoms with Crippen molar-refractivity contribution in [1.29, 1.82) is 0 Å². The van der Waals surface area contributed by atoms with Crippen LogP contribution in [0.4, 0.5) is 5.69 Å². The molecule has 0 radical (unpaired) electrons. The summed E-state index contributed by atoms with van der Waals surface area (Å²) < 4.78 is 0. The van der Waals surface area contributed by atoms with Crippen LogP contribution in [0, 0.1) is 6.92 Å². The normalized spacial score (nSPS) is 10.4. The largest absolute Gasteiger partial charge is 0.398 e. The number of pyridine rings is 1. The Morgan fingerprint density at radius 3 is 2.75 bits per heavy atom. The highest BCUT2D eigenvalue weighted by molar-refractivity contribution is 5.93. The van der Waals surface area contributed by atoms with Crippen molar-refractivity contribution in [2.75, 3.05) is 5.73 Å². The number of benzene rings is 1. The zero-order chi connectivity index (χ0) is 8.55. The minimum absolute atomic E-state index is 0.795. The third kappa shape index (κ3) is 0.925.